The van der Waals surface area contributed by atoms with Crippen molar-refractivity contribution < 1.29 is 0 Å². The Kier molecular flexibility index (Phi) is 3.53. The van der Waals surface area contributed by atoms with Crippen LogP contribution in [0, 0.1) is 11.3 Å². The average molecular weight is 176 g/mol. The van der Waals surface area contributed by atoms with Crippen LogP contribution in [-0.4, -0.2) is 0 Å². The van der Waals surface area contributed by atoms with Gasteiger partial charge in [0.25, 0.3) is 0 Å². The van der Waals surface area contributed by atoms with Crippen molar-refractivity contribution in [2.45, 2.75) is 33.1 Å². The molecule has 0 aliphatic heterocycles. The highest BCUT2D eigenvalue weighted by atomic mass is 14.3. The Balaban J connectivity index is 2.68. The van der Waals surface area contributed by atoms with Crippen molar-refractivity contribution in [3.05, 3.63) is 37.0 Å². The normalized spacial score (nSPS) is 32.0. The second-order valence-corrected chi connectivity index (χ2v) is 4.11. The van der Waals surface area contributed by atoms with Crippen molar-refractivity contribution in [3.8, 4) is 0 Å². The summed E-state index contributed by atoms with van der Waals surface area (Å²) in [5.74, 6) is 0.518. The van der Waals surface area contributed by atoms with Gasteiger partial charge >= 0.3 is 0 Å². The maximum absolute atomic E-state index is 3.90. The van der Waals surface area contributed by atoms with Gasteiger partial charge in [0.2, 0.25) is 0 Å². The van der Waals surface area contributed by atoms with Crippen LogP contribution in [0.3, 0.4) is 0 Å². The third kappa shape index (κ3) is 2.33. The number of allylic oxidation sites excluding steroid dienone is 5. The van der Waals surface area contributed by atoms with E-state index >= 15 is 0 Å². The van der Waals surface area contributed by atoms with Crippen LogP contribution < -0.4 is 0 Å². The van der Waals surface area contributed by atoms with E-state index in [9.17, 15) is 0 Å². The van der Waals surface area contributed by atoms with E-state index in [-0.39, 0.29) is 0 Å². The van der Waals surface area contributed by atoms with Gasteiger partial charge < -0.3 is 0 Å². The number of unbranched alkanes of at least 4 members (excludes halogenated alkanes) is 1. The zero-order valence-electron chi connectivity index (χ0n) is 8.79. The van der Waals surface area contributed by atoms with E-state index in [2.05, 4.69) is 50.8 Å². The molecule has 0 N–H and O–H groups in total. The summed E-state index contributed by atoms with van der Waals surface area (Å²) in [7, 11) is 0. The van der Waals surface area contributed by atoms with Gasteiger partial charge in [-0.1, -0.05) is 57.1 Å². The smallest absolute Gasteiger partial charge is 0.00355 e. The van der Waals surface area contributed by atoms with Crippen molar-refractivity contribution >= 4 is 0 Å². The van der Waals surface area contributed by atoms with E-state index in [0.717, 1.165) is 0 Å². The van der Waals surface area contributed by atoms with E-state index in [1.807, 2.05) is 0 Å². The molecule has 2 unspecified atom stereocenters. The topological polar surface area (TPSA) is 0 Å². The molecule has 0 aromatic carbocycles. The molecule has 0 bridgehead atoms. The highest BCUT2D eigenvalue weighted by Gasteiger charge is 2.28. The molecular weight excluding hydrogens is 156 g/mol. The van der Waals surface area contributed by atoms with Crippen LogP contribution in [0.4, 0.5) is 0 Å². The van der Waals surface area contributed by atoms with Crippen molar-refractivity contribution in [1.82, 2.24) is 0 Å². The van der Waals surface area contributed by atoms with E-state index in [0.29, 0.717) is 11.3 Å². The number of hydrogen-bond acceptors (Lipinski definition) is 0. The van der Waals surface area contributed by atoms with Gasteiger partial charge in [-0.15, -0.1) is 6.58 Å². The Labute approximate surface area is 82.0 Å². The van der Waals surface area contributed by atoms with E-state index in [4.69, 9.17) is 0 Å². The summed E-state index contributed by atoms with van der Waals surface area (Å²) in [5.41, 5.74) is 0.312. The van der Waals surface area contributed by atoms with Crippen LogP contribution in [0.2, 0.25) is 0 Å². The summed E-state index contributed by atoms with van der Waals surface area (Å²) >= 11 is 0. The number of rotatable bonds is 4. The summed E-state index contributed by atoms with van der Waals surface area (Å²) in [5, 5.41) is 0. The van der Waals surface area contributed by atoms with Gasteiger partial charge in [-0.25, -0.2) is 0 Å². The van der Waals surface area contributed by atoms with Crippen molar-refractivity contribution in [2.75, 3.05) is 0 Å². The Hall–Kier alpha value is -0.780. The van der Waals surface area contributed by atoms with Gasteiger partial charge in [0, 0.05) is 5.92 Å². The second-order valence-electron chi connectivity index (χ2n) is 4.11. The molecule has 0 radical (unpaired) electrons. The van der Waals surface area contributed by atoms with Crippen molar-refractivity contribution in [2.24, 2.45) is 11.3 Å². The minimum Gasteiger partial charge on any atom is -0.102 e. The van der Waals surface area contributed by atoms with E-state index in [1.54, 1.807) is 0 Å². The first-order valence-corrected chi connectivity index (χ1v) is 5.21. The zero-order chi connectivity index (χ0) is 9.73. The van der Waals surface area contributed by atoms with Crippen molar-refractivity contribution in [3.63, 3.8) is 0 Å². The Morgan fingerprint density at radius 3 is 2.85 bits per heavy atom. The molecule has 0 nitrogen and oxygen atoms in total. The lowest BCUT2D eigenvalue weighted by molar-refractivity contribution is 0.316. The van der Waals surface area contributed by atoms with Gasteiger partial charge in [0.05, 0.1) is 0 Å². The average Bonchev–Trinajstić information content (AvgIpc) is 2.16. The molecule has 0 heterocycles. The summed E-state index contributed by atoms with van der Waals surface area (Å²) in [6.45, 7) is 8.48. The van der Waals surface area contributed by atoms with Crippen LogP contribution in [0.25, 0.3) is 0 Å². The van der Waals surface area contributed by atoms with Gasteiger partial charge in [-0.05, 0) is 11.8 Å². The third-order valence-corrected chi connectivity index (χ3v) is 2.99. The minimum absolute atomic E-state index is 0.312. The predicted molar refractivity (Wildman–Crippen MR) is 59.6 cm³/mol. The van der Waals surface area contributed by atoms with Crippen LogP contribution in [0.1, 0.15) is 33.1 Å². The maximum Gasteiger partial charge on any atom is 0.00355 e. The van der Waals surface area contributed by atoms with Crippen LogP contribution in [0.5, 0.6) is 0 Å². The molecule has 0 saturated carbocycles. The quantitative estimate of drug-likeness (QED) is 0.565. The van der Waals surface area contributed by atoms with Crippen LogP contribution in [0.15, 0.2) is 37.0 Å². The molecule has 0 fully saturated rings. The Morgan fingerprint density at radius 1 is 1.46 bits per heavy atom. The molecule has 0 aromatic heterocycles. The lowest BCUT2D eigenvalue weighted by Gasteiger charge is -2.33. The highest BCUT2D eigenvalue weighted by Crippen LogP contribution is 2.38. The highest BCUT2D eigenvalue weighted by molar-refractivity contribution is 5.22. The molecule has 0 aromatic rings. The van der Waals surface area contributed by atoms with Crippen LogP contribution >= 0.6 is 0 Å². The summed E-state index contributed by atoms with van der Waals surface area (Å²) in [6, 6.07) is 0. The molecule has 2 atom stereocenters. The first kappa shape index (κ1) is 10.3. The molecule has 0 amide bonds. The monoisotopic (exact) mass is 176 g/mol. The largest absolute Gasteiger partial charge is 0.102 e. The lowest BCUT2D eigenvalue weighted by atomic mass is 9.71. The molecule has 0 spiro atoms. The zero-order valence-corrected chi connectivity index (χ0v) is 8.79. The fourth-order valence-electron chi connectivity index (χ4n) is 1.95. The molecule has 13 heavy (non-hydrogen) atoms. The molecule has 1 aliphatic carbocycles. The Bertz CT molecular complexity index is 222. The molecular formula is C13H20. The van der Waals surface area contributed by atoms with Gasteiger partial charge in [0.15, 0.2) is 0 Å². The standard InChI is InChI=1S/C13H20/c1-4-6-10-13(3)11-8-7-9-12(13)5-2/h5,7-9,11-12H,2,4,6,10H2,1,3H3. The molecule has 0 heteroatoms. The van der Waals surface area contributed by atoms with E-state index < -0.39 is 0 Å². The lowest BCUT2D eigenvalue weighted by Crippen LogP contribution is -2.23. The molecule has 72 valence electrons. The maximum atomic E-state index is 3.90. The SMILES string of the molecule is C=CC1C=CC=CC1(C)CCCC. The van der Waals surface area contributed by atoms with Gasteiger partial charge in [-0.3, -0.25) is 0 Å². The molecule has 1 rings (SSSR count). The fraction of sp³-hybridized carbons (Fsp3) is 0.538. The first-order chi connectivity index (χ1) is 6.23. The first-order valence-electron chi connectivity index (χ1n) is 5.21. The number of hydrogen-bond donors (Lipinski definition) is 0. The van der Waals surface area contributed by atoms with Gasteiger partial charge in [0.1, 0.15) is 0 Å². The van der Waals surface area contributed by atoms with Gasteiger partial charge in [-0.2, -0.15) is 0 Å². The fourth-order valence-corrected chi connectivity index (χ4v) is 1.95. The molecule has 1 aliphatic rings. The third-order valence-electron chi connectivity index (χ3n) is 2.99. The predicted octanol–water partition coefficient (Wildman–Crippen LogP) is 4.11. The molecule has 0 saturated heterocycles. The summed E-state index contributed by atoms with van der Waals surface area (Å²) < 4.78 is 0. The minimum atomic E-state index is 0.312. The van der Waals surface area contributed by atoms with E-state index in [1.165, 1.54) is 19.3 Å². The summed E-state index contributed by atoms with van der Waals surface area (Å²) in [4.78, 5) is 0. The second kappa shape index (κ2) is 4.45. The summed E-state index contributed by atoms with van der Waals surface area (Å²) in [6.07, 6.45) is 14.8. The Morgan fingerprint density at radius 2 is 2.23 bits per heavy atom. The van der Waals surface area contributed by atoms with Crippen LogP contribution in [-0.2, 0) is 0 Å². The van der Waals surface area contributed by atoms with Crippen molar-refractivity contribution in [1.29, 1.82) is 0 Å².